The first-order valence-corrected chi connectivity index (χ1v) is 6.89. The van der Waals surface area contributed by atoms with Gasteiger partial charge in [0.2, 0.25) is 5.56 Å². The minimum atomic E-state index is -0.235. The van der Waals surface area contributed by atoms with Crippen molar-refractivity contribution in [3.8, 4) is 0 Å². The fourth-order valence-corrected chi connectivity index (χ4v) is 2.51. The Balaban J connectivity index is 2.04. The molecule has 1 unspecified atom stereocenters. The molecular weight excluding hydrogens is 242 g/mol. The van der Waals surface area contributed by atoms with E-state index in [1.54, 1.807) is 6.07 Å². The lowest BCUT2D eigenvalue weighted by Crippen LogP contribution is -2.41. The van der Waals surface area contributed by atoms with Crippen LogP contribution in [0.3, 0.4) is 0 Å². The number of piperidine rings is 1. The molecule has 5 heteroatoms. The van der Waals surface area contributed by atoms with Gasteiger partial charge in [-0.15, -0.1) is 0 Å². The molecule has 104 valence electrons. The number of aromatic nitrogens is 1. The van der Waals surface area contributed by atoms with E-state index in [4.69, 9.17) is 0 Å². The molecule has 2 rings (SSSR count). The van der Waals surface area contributed by atoms with Crippen molar-refractivity contribution in [1.82, 2.24) is 15.2 Å². The second-order valence-corrected chi connectivity index (χ2v) is 5.00. The molecule has 0 radical (unpaired) electrons. The van der Waals surface area contributed by atoms with Crippen LogP contribution in [0, 0.1) is 5.92 Å². The Morgan fingerprint density at radius 1 is 1.53 bits per heavy atom. The van der Waals surface area contributed by atoms with Gasteiger partial charge in [0.15, 0.2) is 0 Å². The summed E-state index contributed by atoms with van der Waals surface area (Å²) in [6, 6.07) is 3.02. The molecule has 0 aliphatic carbocycles. The summed E-state index contributed by atoms with van der Waals surface area (Å²) in [5.74, 6) is 0.457. The fraction of sp³-hybridized carbons (Fsp3) is 0.571. The van der Waals surface area contributed by atoms with Crippen molar-refractivity contribution in [2.75, 3.05) is 26.2 Å². The molecule has 1 saturated heterocycles. The average molecular weight is 263 g/mol. The van der Waals surface area contributed by atoms with Crippen molar-refractivity contribution in [2.45, 2.75) is 19.8 Å². The van der Waals surface area contributed by atoms with Crippen molar-refractivity contribution in [2.24, 2.45) is 5.92 Å². The molecular formula is C14H21N3O2. The molecule has 0 saturated carbocycles. The van der Waals surface area contributed by atoms with E-state index >= 15 is 0 Å². The predicted octanol–water partition coefficient (Wildman–Crippen LogP) is 0.837. The lowest BCUT2D eigenvalue weighted by Gasteiger charge is -2.29. The summed E-state index contributed by atoms with van der Waals surface area (Å²) in [5.41, 5.74) is 0.232. The molecule has 0 aromatic carbocycles. The van der Waals surface area contributed by atoms with Crippen LogP contribution in [0.2, 0.25) is 0 Å². The molecule has 0 spiro atoms. The van der Waals surface area contributed by atoms with E-state index in [-0.39, 0.29) is 11.5 Å². The monoisotopic (exact) mass is 263 g/mol. The van der Waals surface area contributed by atoms with Gasteiger partial charge in [-0.25, -0.2) is 0 Å². The minimum Gasteiger partial charge on any atom is -0.339 e. The Morgan fingerprint density at radius 2 is 2.37 bits per heavy atom. The molecule has 1 amide bonds. The van der Waals surface area contributed by atoms with Gasteiger partial charge in [0, 0.05) is 30.9 Å². The zero-order valence-electron chi connectivity index (χ0n) is 11.3. The molecule has 1 aromatic heterocycles. The molecule has 2 N–H and O–H groups in total. The van der Waals surface area contributed by atoms with Crippen LogP contribution in [0.25, 0.3) is 0 Å². The van der Waals surface area contributed by atoms with Crippen molar-refractivity contribution in [3.63, 3.8) is 0 Å². The van der Waals surface area contributed by atoms with E-state index < -0.39 is 0 Å². The topological polar surface area (TPSA) is 65.2 Å². The van der Waals surface area contributed by atoms with E-state index in [9.17, 15) is 9.59 Å². The number of nitrogens with zero attached hydrogens (tertiary/aromatic N) is 1. The molecule has 1 aliphatic heterocycles. The van der Waals surface area contributed by atoms with Gasteiger partial charge in [0.05, 0.1) is 0 Å². The lowest BCUT2D eigenvalue weighted by molar-refractivity contribution is 0.0729. The van der Waals surface area contributed by atoms with Crippen LogP contribution in [0.1, 0.15) is 30.1 Å². The first-order chi connectivity index (χ1) is 9.20. The largest absolute Gasteiger partial charge is 0.339 e. The van der Waals surface area contributed by atoms with Gasteiger partial charge < -0.3 is 15.2 Å². The van der Waals surface area contributed by atoms with Gasteiger partial charge in [0.25, 0.3) is 5.91 Å². The zero-order chi connectivity index (χ0) is 13.7. The molecule has 1 fully saturated rings. The lowest BCUT2D eigenvalue weighted by atomic mass is 9.99. The number of H-pyrrole nitrogens is 1. The van der Waals surface area contributed by atoms with Gasteiger partial charge in [-0.05, 0) is 44.8 Å². The Kier molecular flexibility index (Phi) is 4.74. The molecule has 2 heterocycles. The number of hydrogen-bond donors (Lipinski definition) is 2. The predicted molar refractivity (Wildman–Crippen MR) is 74.2 cm³/mol. The highest BCUT2D eigenvalue weighted by atomic mass is 16.2. The Morgan fingerprint density at radius 3 is 3.00 bits per heavy atom. The number of carbonyl (C=O) groups excluding carboxylic acids is 1. The van der Waals surface area contributed by atoms with Crippen molar-refractivity contribution in [3.05, 3.63) is 34.2 Å². The number of aromatic amines is 1. The van der Waals surface area contributed by atoms with Crippen LogP contribution in [0.15, 0.2) is 23.1 Å². The number of rotatable bonds is 4. The summed E-state index contributed by atoms with van der Waals surface area (Å²) in [5, 5.41) is 3.36. The normalized spacial score (nSPS) is 19.1. The van der Waals surface area contributed by atoms with Crippen LogP contribution in [0.4, 0.5) is 0 Å². The molecule has 0 bridgehead atoms. The van der Waals surface area contributed by atoms with Crippen molar-refractivity contribution >= 4 is 5.91 Å². The van der Waals surface area contributed by atoms with Gasteiger partial charge >= 0.3 is 0 Å². The highest BCUT2D eigenvalue weighted by Crippen LogP contribution is 2.13. The fourth-order valence-electron chi connectivity index (χ4n) is 2.51. The third-order valence-corrected chi connectivity index (χ3v) is 3.57. The molecule has 19 heavy (non-hydrogen) atoms. The quantitative estimate of drug-likeness (QED) is 0.846. The van der Waals surface area contributed by atoms with Crippen LogP contribution in [0.5, 0.6) is 0 Å². The number of amides is 1. The summed E-state index contributed by atoms with van der Waals surface area (Å²) >= 11 is 0. The van der Waals surface area contributed by atoms with Crippen LogP contribution in [-0.4, -0.2) is 42.0 Å². The molecule has 1 aromatic rings. The molecule has 1 aliphatic rings. The number of carbonyl (C=O) groups is 1. The van der Waals surface area contributed by atoms with Crippen LogP contribution in [-0.2, 0) is 0 Å². The van der Waals surface area contributed by atoms with Gasteiger partial charge in [0.1, 0.15) is 0 Å². The maximum Gasteiger partial charge on any atom is 0.254 e. The second-order valence-electron chi connectivity index (χ2n) is 5.00. The summed E-state index contributed by atoms with van der Waals surface area (Å²) in [7, 11) is 0. The van der Waals surface area contributed by atoms with E-state index in [0.29, 0.717) is 18.0 Å². The third kappa shape index (κ3) is 3.67. The maximum absolute atomic E-state index is 12.4. The van der Waals surface area contributed by atoms with Gasteiger partial charge in [-0.1, -0.05) is 0 Å². The van der Waals surface area contributed by atoms with Crippen molar-refractivity contribution < 1.29 is 4.79 Å². The molecule has 1 atom stereocenters. The molecule has 5 nitrogen and oxygen atoms in total. The number of hydrogen-bond acceptors (Lipinski definition) is 3. The van der Waals surface area contributed by atoms with E-state index in [0.717, 1.165) is 26.1 Å². The van der Waals surface area contributed by atoms with E-state index in [2.05, 4.69) is 10.3 Å². The smallest absolute Gasteiger partial charge is 0.254 e. The SMILES string of the molecule is CCN(CC1CCCNC1)C(=O)c1cc[nH]c(=O)c1. The van der Waals surface area contributed by atoms with Crippen LogP contribution < -0.4 is 10.9 Å². The standard InChI is InChI=1S/C14H21N3O2/c1-2-17(10-11-4-3-6-15-9-11)14(19)12-5-7-16-13(18)8-12/h5,7-8,11,15H,2-4,6,9-10H2,1H3,(H,16,18). The summed E-state index contributed by atoms with van der Waals surface area (Å²) in [6.45, 7) is 5.45. The maximum atomic E-state index is 12.4. The highest BCUT2D eigenvalue weighted by molar-refractivity contribution is 5.94. The first-order valence-electron chi connectivity index (χ1n) is 6.89. The van der Waals surface area contributed by atoms with Gasteiger partial charge in [-0.3, -0.25) is 9.59 Å². The third-order valence-electron chi connectivity index (χ3n) is 3.57. The van der Waals surface area contributed by atoms with E-state index in [1.165, 1.54) is 18.7 Å². The highest BCUT2D eigenvalue weighted by Gasteiger charge is 2.20. The van der Waals surface area contributed by atoms with Crippen molar-refractivity contribution in [1.29, 1.82) is 0 Å². The Bertz CT molecular complexity index is 478. The number of pyridine rings is 1. The van der Waals surface area contributed by atoms with Gasteiger partial charge in [-0.2, -0.15) is 0 Å². The Hall–Kier alpha value is -1.62. The second kappa shape index (κ2) is 6.52. The summed E-state index contributed by atoms with van der Waals surface area (Å²) in [4.78, 5) is 28.0. The summed E-state index contributed by atoms with van der Waals surface area (Å²) in [6.07, 6.45) is 3.85. The first kappa shape index (κ1) is 13.8. The average Bonchev–Trinajstić information content (AvgIpc) is 2.45. The van der Waals surface area contributed by atoms with Crippen LogP contribution >= 0.6 is 0 Å². The zero-order valence-corrected chi connectivity index (χ0v) is 11.3. The summed E-state index contributed by atoms with van der Waals surface area (Å²) < 4.78 is 0. The number of nitrogens with one attached hydrogen (secondary N) is 2. The minimum absolute atomic E-state index is 0.0563. The van der Waals surface area contributed by atoms with E-state index in [1.807, 2.05) is 11.8 Å². The Labute approximate surface area is 113 Å².